The number of nitrogen functional groups attached to an aromatic ring is 1. The largest absolute Gasteiger partial charge is 0.497 e. The number of ether oxygens (including phenoxy) is 1. The van der Waals surface area contributed by atoms with Gasteiger partial charge in [-0.05, 0) is 55.9 Å². The number of rotatable bonds is 8. The molecule has 1 amide bonds. The number of methoxy groups -OCH3 is 1. The third kappa shape index (κ3) is 5.54. The van der Waals surface area contributed by atoms with Crippen molar-refractivity contribution in [3.8, 4) is 5.75 Å². The van der Waals surface area contributed by atoms with E-state index < -0.39 is 11.2 Å². The molecule has 0 aliphatic heterocycles. The lowest BCUT2D eigenvalue weighted by atomic mass is 9.97. The summed E-state index contributed by atoms with van der Waals surface area (Å²) in [6.45, 7) is 0.431. The van der Waals surface area contributed by atoms with Crippen molar-refractivity contribution in [3.05, 3.63) is 98.2 Å². The predicted molar refractivity (Wildman–Crippen MR) is 137 cm³/mol. The number of H-pyrrole nitrogens is 1. The van der Waals surface area contributed by atoms with E-state index in [9.17, 15) is 14.4 Å². The van der Waals surface area contributed by atoms with E-state index in [1.165, 1.54) is 22.1 Å². The summed E-state index contributed by atoms with van der Waals surface area (Å²) in [5.41, 5.74) is 7.55. The van der Waals surface area contributed by atoms with Crippen LogP contribution in [0, 0.1) is 0 Å². The molecular weight excluding hydrogens is 444 g/mol. The van der Waals surface area contributed by atoms with Crippen LogP contribution >= 0.6 is 0 Å². The van der Waals surface area contributed by atoms with Crippen molar-refractivity contribution in [1.82, 2.24) is 9.55 Å². The summed E-state index contributed by atoms with van der Waals surface area (Å²) >= 11 is 0. The third-order valence-corrected chi connectivity index (χ3v) is 6.27. The van der Waals surface area contributed by atoms with E-state index in [1.807, 2.05) is 30.3 Å². The minimum atomic E-state index is -0.689. The number of aromatic amines is 1. The number of nitrogens with two attached hydrogens (primary N) is 1. The lowest BCUT2D eigenvalue weighted by molar-refractivity contribution is 0.0986. The molecule has 0 atom stereocenters. The number of aromatic nitrogens is 2. The van der Waals surface area contributed by atoms with Crippen LogP contribution in [0.5, 0.6) is 5.75 Å². The maximum absolute atomic E-state index is 13.7. The van der Waals surface area contributed by atoms with Gasteiger partial charge in [0, 0.05) is 12.1 Å². The zero-order valence-electron chi connectivity index (χ0n) is 19.8. The fourth-order valence-electron chi connectivity index (χ4n) is 4.38. The molecule has 0 saturated heterocycles. The summed E-state index contributed by atoms with van der Waals surface area (Å²) in [6, 6.07) is 16.1. The maximum atomic E-state index is 13.7. The number of benzene rings is 2. The Bertz CT molecular complexity index is 1340. The Kier molecular flexibility index (Phi) is 7.50. The Labute approximate surface area is 203 Å². The van der Waals surface area contributed by atoms with E-state index in [0.717, 1.165) is 31.2 Å². The average molecular weight is 475 g/mol. The number of amides is 1. The van der Waals surface area contributed by atoms with Crippen LogP contribution in [0.15, 0.2) is 75.8 Å². The molecule has 0 fully saturated rings. The van der Waals surface area contributed by atoms with Gasteiger partial charge in [-0.2, -0.15) is 0 Å². The quantitative estimate of drug-likeness (QED) is 0.484. The summed E-state index contributed by atoms with van der Waals surface area (Å²) < 4.78 is 6.57. The molecule has 1 heterocycles. The van der Waals surface area contributed by atoms with Crippen molar-refractivity contribution in [1.29, 1.82) is 0 Å². The number of nitrogens with zero attached hydrogens (tertiary/aromatic N) is 2. The molecule has 3 aromatic rings. The molecule has 3 N–H and O–H groups in total. The Balaban J connectivity index is 1.77. The molecule has 4 rings (SSSR count). The molecule has 1 aromatic heterocycles. The lowest BCUT2D eigenvalue weighted by Gasteiger charge is -2.26. The van der Waals surface area contributed by atoms with Crippen molar-refractivity contribution in [2.75, 3.05) is 24.3 Å². The second-order valence-electron chi connectivity index (χ2n) is 8.61. The van der Waals surface area contributed by atoms with E-state index in [-0.39, 0.29) is 30.5 Å². The first-order valence-corrected chi connectivity index (χ1v) is 11.8. The summed E-state index contributed by atoms with van der Waals surface area (Å²) in [7, 11) is 1.53. The van der Waals surface area contributed by atoms with Gasteiger partial charge in [0.05, 0.1) is 13.7 Å². The zero-order valence-corrected chi connectivity index (χ0v) is 19.8. The molecule has 8 heteroatoms. The first-order valence-electron chi connectivity index (χ1n) is 11.8. The van der Waals surface area contributed by atoms with Crippen molar-refractivity contribution in [2.45, 2.75) is 38.6 Å². The number of allylic oxidation sites excluding steroid dienone is 1. The van der Waals surface area contributed by atoms with Crippen LogP contribution in [0.3, 0.4) is 0 Å². The van der Waals surface area contributed by atoms with Gasteiger partial charge < -0.3 is 15.4 Å². The van der Waals surface area contributed by atoms with Crippen molar-refractivity contribution in [2.24, 2.45) is 0 Å². The van der Waals surface area contributed by atoms with Crippen LogP contribution in [-0.2, 0) is 6.54 Å². The summed E-state index contributed by atoms with van der Waals surface area (Å²) in [5.74, 6) is 0.0978. The van der Waals surface area contributed by atoms with Gasteiger partial charge in [-0.25, -0.2) is 4.79 Å². The van der Waals surface area contributed by atoms with Crippen LogP contribution in [0.4, 0.5) is 11.5 Å². The fraction of sp³-hybridized carbons (Fsp3) is 0.296. The molecule has 35 heavy (non-hydrogen) atoms. The van der Waals surface area contributed by atoms with E-state index in [1.54, 1.807) is 24.3 Å². The molecule has 182 valence electrons. The number of nitrogens with one attached hydrogen (secondary N) is 1. The van der Waals surface area contributed by atoms with Gasteiger partial charge in [0.15, 0.2) is 5.69 Å². The minimum Gasteiger partial charge on any atom is -0.497 e. The van der Waals surface area contributed by atoms with E-state index in [0.29, 0.717) is 17.7 Å². The molecule has 0 bridgehead atoms. The van der Waals surface area contributed by atoms with Gasteiger partial charge in [-0.15, -0.1) is 0 Å². The standard InChI is InChI=1S/C27H30N4O4/c1-35-22-14-8-13-21(17-22)26(33)30(16-15-19-9-4-2-5-10-19)23-24(28)31(27(34)29-25(23)32)18-20-11-6-3-7-12-20/h3,6-9,11-14,17H,2,4-5,10,15-16,18,28H2,1H3,(H,29,32,34). The topological polar surface area (TPSA) is 110 Å². The second-order valence-corrected chi connectivity index (χ2v) is 8.61. The summed E-state index contributed by atoms with van der Waals surface area (Å²) in [5, 5.41) is 0. The normalized spacial score (nSPS) is 13.2. The van der Waals surface area contributed by atoms with Crippen LogP contribution in [-0.4, -0.2) is 29.1 Å². The summed E-state index contributed by atoms with van der Waals surface area (Å²) in [4.78, 5) is 43.1. The molecule has 0 spiro atoms. The number of carbonyl (C=O) groups is 1. The second kappa shape index (κ2) is 10.9. The number of hydrogen-bond donors (Lipinski definition) is 2. The van der Waals surface area contributed by atoms with Crippen LogP contribution < -0.4 is 26.6 Å². The third-order valence-electron chi connectivity index (χ3n) is 6.27. The smallest absolute Gasteiger partial charge is 0.330 e. The Hall–Kier alpha value is -4.07. The van der Waals surface area contributed by atoms with Gasteiger partial charge >= 0.3 is 5.69 Å². The van der Waals surface area contributed by atoms with Gasteiger partial charge in [0.2, 0.25) is 0 Å². The first-order chi connectivity index (χ1) is 17.0. The highest BCUT2D eigenvalue weighted by Gasteiger charge is 2.26. The zero-order chi connectivity index (χ0) is 24.8. The van der Waals surface area contributed by atoms with Crippen molar-refractivity contribution >= 4 is 17.4 Å². The van der Waals surface area contributed by atoms with Crippen molar-refractivity contribution < 1.29 is 9.53 Å². The van der Waals surface area contributed by atoms with Gasteiger partial charge in [0.25, 0.3) is 11.5 Å². The Morgan fingerprint density at radius 3 is 2.63 bits per heavy atom. The Morgan fingerprint density at radius 2 is 1.91 bits per heavy atom. The minimum absolute atomic E-state index is 0.0234. The number of hydrogen-bond acceptors (Lipinski definition) is 5. The summed E-state index contributed by atoms with van der Waals surface area (Å²) in [6.07, 6.45) is 7.09. The van der Waals surface area contributed by atoms with Crippen LogP contribution in [0.1, 0.15) is 48.0 Å². The number of carbonyl (C=O) groups excluding carboxylic acids is 1. The van der Waals surface area contributed by atoms with Crippen LogP contribution in [0.2, 0.25) is 0 Å². The highest BCUT2D eigenvalue weighted by molar-refractivity contribution is 6.07. The van der Waals surface area contributed by atoms with Gasteiger partial charge in [-0.1, -0.05) is 48.0 Å². The van der Waals surface area contributed by atoms with E-state index in [4.69, 9.17) is 10.5 Å². The molecule has 0 unspecified atom stereocenters. The average Bonchev–Trinajstić information content (AvgIpc) is 2.89. The highest BCUT2D eigenvalue weighted by atomic mass is 16.5. The highest BCUT2D eigenvalue weighted by Crippen LogP contribution is 2.25. The molecule has 1 aliphatic carbocycles. The number of anilines is 2. The molecular formula is C27H30N4O4. The molecule has 1 aliphatic rings. The maximum Gasteiger partial charge on any atom is 0.330 e. The van der Waals surface area contributed by atoms with Gasteiger partial charge in [-0.3, -0.25) is 19.1 Å². The SMILES string of the molecule is COc1cccc(C(=O)N(CCC2=CCCCC2)c2c(N)n(Cc3ccccc3)c(=O)[nH]c2=O)c1. The lowest BCUT2D eigenvalue weighted by Crippen LogP contribution is -2.42. The van der Waals surface area contributed by atoms with E-state index >= 15 is 0 Å². The Morgan fingerprint density at radius 1 is 1.11 bits per heavy atom. The van der Waals surface area contributed by atoms with Gasteiger partial charge in [0.1, 0.15) is 11.6 Å². The molecule has 0 saturated carbocycles. The van der Waals surface area contributed by atoms with E-state index in [2.05, 4.69) is 11.1 Å². The predicted octanol–water partition coefficient (Wildman–Crippen LogP) is 3.71. The fourth-order valence-corrected chi connectivity index (χ4v) is 4.38. The molecule has 8 nitrogen and oxygen atoms in total. The van der Waals surface area contributed by atoms with Crippen molar-refractivity contribution in [3.63, 3.8) is 0 Å². The monoisotopic (exact) mass is 474 g/mol. The van der Waals surface area contributed by atoms with Crippen LogP contribution in [0.25, 0.3) is 0 Å². The molecule has 2 aromatic carbocycles. The first kappa shape index (κ1) is 24.1. The molecule has 0 radical (unpaired) electrons.